The topological polar surface area (TPSA) is 40.5 Å². The normalized spacial score (nSPS) is 30.4. The molecule has 2 atom stereocenters. The van der Waals surface area contributed by atoms with E-state index in [1.807, 2.05) is 31.2 Å². The summed E-state index contributed by atoms with van der Waals surface area (Å²) in [6.45, 7) is 2.02. The molecule has 0 fully saturated rings. The Morgan fingerprint density at radius 2 is 2.14 bits per heavy atom. The van der Waals surface area contributed by atoms with Gasteiger partial charge in [-0.15, -0.1) is 0 Å². The van der Waals surface area contributed by atoms with E-state index < -0.39 is 11.7 Å². The first-order valence-electron chi connectivity index (χ1n) is 5.15. The minimum Gasteiger partial charge on any atom is -0.386 e. The zero-order valence-corrected chi connectivity index (χ0v) is 8.40. The first kappa shape index (κ1) is 9.69. The fourth-order valence-electron chi connectivity index (χ4n) is 2.34. The average Bonchev–Trinajstić information content (AvgIpc) is 2.41. The highest BCUT2D eigenvalue weighted by Crippen LogP contribution is 2.41. The molecule has 0 unspecified atom stereocenters. The number of benzene rings is 1. The average molecular weight is 192 g/mol. The van der Waals surface area contributed by atoms with Crippen LogP contribution in [0, 0.1) is 0 Å². The van der Waals surface area contributed by atoms with Crippen LogP contribution < -0.4 is 0 Å². The van der Waals surface area contributed by atoms with Crippen LogP contribution in [0.5, 0.6) is 0 Å². The van der Waals surface area contributed by atoms with Gasteiger partial charge < -0.3 is 10.2 Å². The van der Waals surface area contributed by atoms with Crippen molar-refractivity contribution in [1.82, 2.24) is 0 Å². The molecule has 0 saturated carbocycles. The maximum Gasteiger partial charge on any atom is 0.108 e. The zero-order chi connectivity index (χ0) is 10.2. The number of rotatable bonds is 2. The summed E-state index contributed by atoms with van der Waals surface area (Å²) in [5.41, 5.74) is 1.04. The van der Waals surface area contributed by atoms with Crippen LogP contribution in [0.15, 0.2) is 24.3 Å². The molecule has 76 valence electrons. The summed E-state index contributed by atoms with van der Waals surface area (Å²) < 4.78 is 0. The van der Waals surface area contributed by atoms with Crippen molar-refractivity contribution < 1.29 is 10.2 Å². The van der Waals surface area contributed by atoms with Gasteiger partial charge in [-0.1, -0.05) is 37.6 Å². The van der Waals surface area contributed by atoms with Gasteiger partial charge in [-0.2, -0.15) is 0 Å². The fourth-order valence-corrected chi connectivity index (χ4v) is 2.34. The third-order valence-electron chi connectivity index (χ3n) is 3.04. The molecular formula is C12H16O2. The molecule has 0 heterocycles. The molecule has 2 nitrogen and oxygen atoms in total. The minimum atomic E-state index is -0.932. The summed E-state index contributed by atoms with van der Waals surface area (Å²) >= 11 is 0. The largest absolute Gasteiger partial charge is 0.386 e. The first-order valence-corrected chi connectivity index (χ1v) is 5.15. The minimum absolute atomic E-state index is 0.582. The summed E-state index contributed by atoms with van der Waals surface area (Å²) in [7, 11) is 0. The van der Waals surface area contributed by atoms with Crippen molar-refractivity contribution in [3.8, 4) is 0 Å². The number of fused-ring (bicyclic) bond motifs is 1. The van der Waals surface area contributed by atoms with Crippen LogP contribution in [0.2, 0.25) is 0 Å². The molecule has 0 saturated heterocycles. The molecule has 0 amide bonds. The monoisotopic (exact) mass is 192 g/mol. The van der Waals surface area contributed by atoms with Gasteiger partial charge in [-0.25, -0.2) is 0 Å². The van der Waals surface area contributed by atoms with E-state index in [0.29, 0.717) is 12.8 Å². The lowest BCUT2D eigenvalue weighted by Crippen LogP contribution is -2.33. The summed E-state index contributed by atoms with van der Waals surface area (Å²) in [5.74, 6) is 0. The van der Waals surface area contributed by atoms with Crippen LogP contribution >= 0.6 is 0 Å². The van der Waals surface area contributed by atoms with Crippen molar-refractivity contribution in [2.45, 2.75) is 37.9 Å². The van der Waals surface area contributed by atoms with Crippen molar-refractivity contribution in [1.29, 1.82) is 0 Å². The van der Waals surface area contributed by atoms with Gasteiger partial charge in [-0.3, -0.25) is 0 Å². The molecule has 14 heavy (non-hydrogen) atoms. The van der Waals surface area contributed by atoms with E-state index in [0.717, 1.165) is 17.5 Å². The van der Waals surface area contributed by atoms with Crippen LogP contribution in [-0.2, 0) is 6.42 Å². The predicted molar refractivity (Wildman–Crippen MR) is 55.0 cm³/mol. The van der Waals surface area contributed by atoms with Crippen LogP contribution in [0.4, 0.5) is 0 Å². The SMILES string of the molecule is CCC[C@@]1(O)Cc2ccccc2[C@H]1O. The molecule has 2 heteroatoms. The Morgan fingerprint density at radius 1 is 1.43 bits per heavy atom. The van der Waals surface area contributed by atoms with Crippen molar-refractivity contribution >= 4 is 0 Å². The highest BCUT2D eigenvalue weighted by atomic mass is 16.3. The number of aliphatic hydroxyl groups is 2. The van der Waals surface area contributed by atoms with Gasteiger partial charge in [0.2, 0.25) is 0 Å². The Kier molecular flexibility index (Phi) is 2.33. The maximum absolute atomic E-state index is 10.2. The molecule has 0 aliphatic heterocycles. The van der Waals surface area contributed by atoms with Gasteiger partial charge in [-0.05, 0) is 17.5 Å². The smallest absolute Gasteiger partial charge is 0.108 e. The van der Waals surface area contributed by atoms with Gasteiger partial charge >= 0.3 is 0 Å². The lowest BCUT2D eigenvalue weighted by molar-refractivity contribution is -0.0701. The standard InChI is InChI=1S/C12H16O2/c1-2-7-12(14)8-9-5-3-4-6-10(9)11(12)13/h3-6,11,13-14H,2,7-8H2,1H3/t11-,12-/m1/s1. The Bertz CT molecular complexity index is 335. The molecule has 0 aromatic heterocycles. The quantitative estimate of drug-likeness (QED) is 0.750. The maximum atomic E-state index is 10.2. The van der Waals surface area contributed by atoms with Crippen molar-refractivity contribution in [2.24, 2.45) is 0 Å². The Hall–Kier alpha value is -0.860. The fraction of sp³-hybridized carbons (Fsp3) is 0.500. The molecule has 0 spiro atoms. The van der Waals surface area contributed by atoms with Gasteiger partial charge in [0, 0.05) is 6.42 Å². The lowest BCUT2D eigenvalue weighted by Gasteiger charge is -2.26. The number of aliphatic hydroxyl groups excluding tert-OH is 1. The van der Waals surface area contributed by atoms with Gasteiger partial charge in [0.15, 0.2) is 0 Å². The Morgan fingerprint density at radius 3 is 2.79 bits per heavy atom. The molecule has 1 aliphatic carbocycles. The molecule has 0 bridgehead atoms. The molecule has 1 aliphatic rings. The second kappa shape index (κ2) is 3.37. The molecule has 1 aromatic carbocycles. The molecule has 2 N–H and O–H groups in total. The summed E-state index contributed by atoms with van der Waals surface area (Å²) in [4.78, 5) is 0. The van der Waals surface area contributed by atoms with Gasteiger partial charge in [0.05, 0.1) is 5.60 Å². The number of hydrogen-bond donors (Lipinski definition) is 2. The highest BCUT2D eigenvalue weighted by Gasteiger charge is 2.42. The van der Waals surface area contributed by atoms with Crippen LogP contribution in [0.1, 0.15) is 37.0 Å². The Balaban J connectivity index is 2.33. The zero-order valence-electron chi connectivity index (χ0n) is 8.40. The van der Waals surface area contributed by atoms with E-state index in [2.05, 4.69) is 0 Å². The first-order chi connectivity index (χ1) is 6.67. The molecule has 1 aromatic rings. The van der Waals surface area contributed by atoms with E-state index in [1.54, 1.807) is 0 Å². The van der Waals surface area contributed by atoms with Gasteiger partial charge in [0.1, 0.15) is 6.10 Å². The molecule has 2 rings (SSSR count). The van der Waals surface area contributed by atoms with Crippen molar-refractivity contribution in [3.05, 3.63) is 35.4 Å². The molecule has 0 radical (unpaired) electrons. The van der Waals surface area contributed by atoms with Crippen molar-refractivity contribution in [2.75, 3.05) is 0 Å². The van der Waals surface area contributed by atoms with Crippen LogP contribution in [-0.4, -0.2) is 15.8 Å². The third-order valence-corrected chi connectivity index (χ3v) is 3.04. The lowest BCUT2D eigenvalue weighted by atomic mass is 9.92. The van der Waals surface area contributed by atoms with E-state index in [-0.39, 0.29) is 0 Å². The number of hydrogen-bond acceptors (Lipinski definition) is 2. The second-order valence-electron chi connectivity index (χ2n) is 4.13. The summed E-state index contributed by atoms with van der Waals surface area (Å²) in [6, 6.07) is 7.72. The predicted octanol–water partition coefficient (Wildman–Crippen LogP) is 1.81. The molecular weight excluding hydrogens is 176 g/mol. The van der Waals surface area contributed by atoms with E-state index >= 15 is 0 Å². The van der Waals surface area contributed by atoms with Gasteiger partial charge in [0.25, 0.3) is 0 Å². The second-order valence-corrected chi connectivity index (χ2v) is 4.13. The Labute approximate surface area is 84.2 Å². The third kappa shape index (κ3) is 1.35. The van der Waals surface area contributed by atoms with Crippen LogP contribution in [0.25, 0.3) is 0 Å². The van der Waals surface area contributed by atoms with E-state index in [1.165, 1.54) is 0 Å². The highest BCUT2D eigenvalue weighted by molar-refractivity contribution is 5.37. The van der Waals surface area contributed by atoms with Crippen molar-refractivity contribution in [3.63, 3.8) is 0 Å². The van der Waals surface area contributed by atoms with Crippen LogP contribution in [0.3, 0.4) is 0 Å². The summed E-state index contributed by atoms with van der Waals surface area (Å²) in [5, 5.41) is 20.2. The van der Waals surface area contributed by atoms with E-state index in [9.17, 15) is 10.2 Å². The van der Waals surface area contributed by atoms with E-state index in [4.69, 9.17) is 0 Å². The summed E-state index contributed by atoms with van der Waals surface area (Å²) in [6.07, 6.45) is 1.42.